The van der Waals surface area contributed by atoms with Crippen molar-refractivity contribution in [3.8, 4) is 6.07 Å². The predicted octanol–water partition coefficient (Wildman–Crippen LogP) is 2.70. The Labute approximate surface area is 98.5 Å². The van der Waals surface area contributed by atoms with Gasteiger partial charge in [0.05, 0.1) is 5.56 Å². The molecular formula is C13H10FN3. The summed E-state index contributed by atoms with van der Waals surface area (Å²) in [5.74, 6) is 0.408. The fourth-order valence-corrected chi connectivity index (χ4v) is 1.40. The van der Waals surface area contributed by atoms with Gasteiger partial charge in [0.25, 0.3) is 0 Å². The molecule has 0 spiro atoms. The van der Waals surface area contributed by atoms with Gasteiger partial charge in [-0.25, -0.2) is 9.37 Å². The molecule has 1 heterocycles. The van der Waals surface area contributed by atoms with Crippen LogP contribution in [0.4, 0.5) is 10.2 Å². The molecule has 0 saturated heterocycles. The average Bonchev–Trinajstić information content (AvgIpc) is 2.37. The first-order valence-corrected chi connectivity index (χ1v) is 5.12. The van der Waals surface area contributed by atoms with Crippen molar-refractivity contribution in [2.24, 2.45) is 0 Å². The van der Waals surface area contributed by atoms with Gasteiger partial charge in [-0.1, -0.05) is 12.1 Å². The molecule has 0 bridgehead atoms. The lowest BCUT2D eigenvalue weighted by molar-refractivity contribution is 0.626. The van der Waals surface area contributed by atoms with Crippen LogP contribution in [0.1, 0.15) is 11.1 Å². The van der Waals surface area contributed by atoms with Crippen molar-refractivity contribution in [2.75, 3.05) is 5.32 Å². The minimum atomic E-state index is -0.253. The lowest BCUT2D eigenvalue weighted by atomic mass is 10.2. The van der Waals surface area contributed by atoms with E-state index < -0.39 is 0 Å². The largest absolute Gasteiger partial charge is 0.366 e. The highest BCUT2D eigenvalue weighted by Crippen LogP contribution is 2.08. The lowest BCUT2D eigenvalue weighted by Crippen LogP contribution is -2.01. The van der Waals surface area contributed by atoms with E-state index in [1.54, 1.807) is 18.2 Å². The molecule has 0 atom stereocenters. The third-order valence-corrected chi connectivity index (χ3v) is 2.26. The van der Waals surface area contributed by atoms with Crippen molar-refractivity contribution < 1.29 is 4.39 Å². The van der Waals surface area contributed by atoms with Gasteiger partial charge in [-0.05, 0) is 29.8 Å². The normalized spacial score (nSPS) is 9.65. The van der Waals surface area contributed by atoms with E-state index in [4.69, 9.17) is 5.26 Å². The van der Waals surface area contributed by atoms with Crippen LogP contribution in [-0.4, -0.2) is 4.98 Å². The Balaban J connectivity index is 2.00. The molecule has 4 heteroatoms. The molecule has 17 heavy (non-hydrogen) atoms. The molecular weight excluding hydrogens is 217 g/mol. The van der Waals surface area contributed by atoms with Gasteiger partial charge in [-0.15, -0.1) is 0 Å². The molecule has 0 saturated carbocycles. The number of nitrogens with zero attached hydrogens (tertiary/aromatic N) is 2. The van der Waals surface area contributed by atoms with Crippen LogP contribution in [0.25, 0.3) is 0 Å². The van der Waals surface area contributed by atoms with Crippen molar-refractivity contribution in [3.63, 3.8) is 0 Å². The minimum Gasteiger partial charge on any atom is -0.366 e. The summed E-state index contributed by atoms with van der Waals surface area (Å²) in [4.78, 5) is 4.06. The Hall–Kier alpha value is -2.41. The number of halogens is 1. The standard InChI is InChI=1S/C13H10FN3/c14-12-3-1-2-10(6-12)8-16-13-5-4-11(7-15)9-17-13/h1-6,9H,8H2,(H,16,17). The highest BCUT2D eigenvalue weighted by Gasteiger charge is 1.97. The zero-order valence-corrected chi connectivity index (χ0v) is 9.02. The zero-order chi connectivity index (χ0) is 12.1. The number of hydrogen-bond acceptors (Lipinski definition) is 3. The molecule has 0 amide bonds. The second kappa shape index (κ2) is 5.08. The first-order chi connectivity index (χ1) is 8.28. The van der Waals surface area contributed by atoms with E-state index in [0.717, 1.165) is 5.56 Å². The van der Waals surface area contributed by atoms with Crippen LogP contribution >= 0.6 is 0 Å². The maximum absolute atomic E-state index is 12.9. The molecule has 84 valence electrons. The van der Waals surface area contributed by atoms with E-state index in [-0.39, 0.29) is 5.82 Å². The molecule has 0 aliphatic carbocycles. The van der Waals surface area contributed by atoms with Gasteiger partial charge >= 0.3 is 0 Å². The van der Waals surface area contributed by atoms with Crippen molar-refractivity contribution in [1.29, 1.82) is 5.26 Å². The van der Waals surface area contributed by atoms with Crippen LogP contribution in [0.2, 0.25) is 0 Å². The van der Waals surface area contributed by atoms with E-state index in [2.05, 4.69) is 10.3 Å². The van der Waals surface area contributed by atoms with Crippen molar-refractivity contribution in [3.05, 3.63) is 59.5 Å². The maximum Gasteiger partial charge on any atom is 0.126 e. The van der Waals surface area contributed by atoms with E-state index >= 15 is 0 Å². The second-order valence-electron chi connectivity index (χ2n) is 3.53. The molecule has 0 fully saturated rings. The van der Waals surface area contributed by atoms with Gasteiger partial charge in [0.15, 0.2) is 0 Å². The van der Waals surface area contributed by atoms with Gasteiger partial charge in [0.1, 0.15) is 17.7 Å². The number of aromatic nitrogens is 1. The summed E-state index contributed by atoms with van der Waals surface area (Å²) < 4.78 is 12.9. The summed E-state index contributed by atoms with van der Waals surface area (Å²) in [6.45, 7) is 0.497. The molecule has 1 aromatic carbocycles. The number of rotatable bonds is 3. The summed E-state index contributed by atoms with van der Waals surface area (Å²) in [5, 5.41) is 11.7. The predicted molar refractivity (Wildman–Crippen MR) is 62.7 cm³/mol. The highest BCUT2D eigenvalue weighted by molar-refractivity contribution is 5.39. The fraction of sp³-hybridized carbons (Fsp3) is 0.0769. The maximum atomic E-state index is 12.9. The third kappa shape index (κ3) is 3.02. The summed E-state index contributed by atoms with van der Waals surface area (Å²) in [6, 6.07) is 11.8. The monoisotopic (exact) mass is 227 g/mol. The Kier molecular flexibility index (Phi) is 3.31. The number of hydrogen-bond donors (Lipinski definition) is 1. The first-order valence-electron chi connectivity index (χ1n) is 5.12. The molecule has 3 nitrogen and oxygen atoms in total. The van der Waals surface area contributed by atoms with Crippen LogP contribution in [0.5, 0.6) is 0 Å². The third-order valence-electron chi connectivity index (χ3n) is 2.26. The minimum absolute atomic E-state index is 0.253. The molecule has 1 aromatic heterocycles. The quantitative estimate of drug-likeness (QED) is 0.877. The molecule has 2 rings (SSSR count). The Bertz CT molecular complexity index is 543. The number of nitriles is 1. The van der Waals surface area contributed by atoms with E-state index in [1.165, 1.54) is 18.3 Å². The first kappa shape index (κ1) is 11.1. The van der Waals surface area contributed by atoms with Crippen molar-refractivity contribution in [2.45, 2.75) is 6.54 Å². The number of pyridine rings is 1. The van der Waals surface area contributed by atoms with Gasteiger partial charge in [-0.2, -0.15) is 5.26 Å². The van der Waals surface area contributed by atoms with Gasteiger partial charge in [0.2, 0.25) is 0 Å². The Morgan fingerprint density at radius 3 is 2.82 bits per heavy atom. The van der Waals surface area contributed by atoms with Crippen LogP contribution < -0.4 is 5.32 Å². The molecule has 0 radical (unpaired) electrons. The summed E-state index contributed by atoms with van der Waals surface area (Å²) >= 11 is 0. The molecule has 1 N–H and O–H groups in total. The average molecular weight is 227 g/mol. The Morgan fingerprint density at radius 1 is 1.29 bits per heavy atom. The fourth-order valence-electron chi connectivity index (χ4n) is 1.40. The Morgan fingerprint density at radius 2 is 2.18 bits per heavy atom. The SMILES string of the molecule is N#Cc1ccc(NCc2cccc(F)c2)nc1. The van der Waals surface area contributed by atoms with E-state index in [0.29, 0.717) is 17.9 Å². The summed E-state index contributed by atoms with van der Waals surface area (Å²) in [7, 11) is 0. The molecule has 0 aliphatic rings. The molecule has 0 unspecified atom stereocenters. The lowest BCUT2D eigenvalue weighted by Gasteiger charge is -2.05. The second-order valence-corrected chi connectivity index (χ2v) is 3.53. The van der Waals surface area contributed by atoms with E-state index in [1.807, 2.05) is 12.1 Å². The summed E-state index contributed by atoms with van der Waals surface area (Å²) in [6.07, 6.45) is 1.49. The molecule has 0 aliphatic heterocycles. The van der Waals surface area contributed by atoms with Crippen molar-refractivity contribution >= 4 is 5.82 Å². The topological polar surface area (TPSA) is 48.7 Å². The van der Waals surface area contributed by atoms with Crippen LogP contribution in [-0.2, 0) is 6.54 Å². The van der Waals surface area contributed by atoms with Crippen LogP contribution in [0, 0.1) is 17.1 Å². The highest BCUT2D eigenvalue weighted by atomic mass is 19.1. The van der Waals surface area contributed by atoms with Gasteiger partial charge in [-0.3, -0.25) is 0 Å². The smallest absolute Gasteiger partial charge is 0.126 e. The number of anilines is 1. The number of benzene rings is 1. The zero-order valence-electron chi connectivity index (χ0n) is 9.02. The van der Waals surface area contributed by atoms with Gasteiger partial charge in [0, 0.05) is 12.7 Å². The van der Waals surface area contributed by atoms with E-state index in [9.17, 15) is 4.39 Å². The van der Waals surface area contributed by atoms with Crippen LogP contribution in [0.3, 0.4) is 0 Å². The number of nitrogens with one attached hydrogen (secondary N) is 1. The van der Waals surface area contributed by atoms with Crippen molar-refractivity contribution in [1.82, 2.24) is 4.98 Å². The van der Waals surface area contributed by atoms with Crippen LogP contribution in [0.15, 0.2) is 42.6 Å². The summed E-state index contributed by atoms with van der Waals surface area (Å²) in [5.41, 5.74) is 1.36. The molecule has 2 aromatic rings. The van der Waals surface area contributed by atoms with Gasteiger partial charge < -0.3 is 5.32 Å².